The van der Waals surface area contributed by atoms with Crippen LogP contribution in [0.25, 0.3) is 0 Å². The van der Waals surface area contributed by atoms with Crippen molar-refractivity contribution in [2.24, 2.45) is 5.41 Å². The summed E-state index contributed by atoms with van der Waals surface area (Å²) >= 11 is 0. The first-order chi connectivity index (χ1) is 8.08. The fourth-order valence-corrected chi connectivity index (χ4v) is 3.82. The van der Waals surface area contributed by atoms with Gasteiger partial charge in [-0.1, -0.05) is 19.8 Å². The maximum absolute atomic E-state index is 12.2. The normalized spacial score (nSPS) is 41.5. The lowest BCUT2D eigenvalue weighted by molar-refractivity contribution is -0.148. The topological polar surface area (TPSA) is 50.4 Å². The van der Waals surface area contributed by atoms with Crippen LogP contribution in [0.1, 0.15) is 50.5 Å². The van der Waals surface area contributed by atoms with Gasteiger partial charge in [0.15, 0.2) is 5.78 Å². The first kappa shape index (κ1) is 11.0. The summed E-state index contributed by atoms with van der Waals surface area (Å²) in [4.78, 5) is 12.2. The van der Waals surface area contributed by atoms with Crippen molar-refractivity contribution in [3.63, 3.8) is 0 Å². The standard InChI is InChI=1S/C14H18O3/c1-13-5-2-3-6-14(13,16)12(15)8-11(13)10-4-7-17-9-10/h4,7,9,11,16H,2-3,5-6,8H2,1H3/t11-,13+,14+/m0/s1. The summed E-state index contributed by atoms with van der Waals surface area (Å²) in [7, 11) is 0. The molecule has 0 aromatic carbocycles. The van der Waals surface area contributed by atoms with E-state index in [1.807, 2.05) is 6.07 Å². The Balaban J connectivity index is 2.06. The fraction of sp³-hybridized carbons (Fsp3) is 0.643. The molecule has 3 rings (SSSR count). The van der Waals surface area contributed by atoms with Crippen LogP contribution in [0.15, 0.2) is 23.0 Å². The summed E-state index contributed by atoms with van der Waals surface area (Å²) < 4.78 is 5.13. The van der Waals surface area contributed by atoms with E-state index in [0.717, 1.165) is 24.8 Å². The maximum atomic E-state index is 12.2. The van der Waals surface area contributed by atoms with Crippen molar-refractivity contribution in [2.45, 2.75) is 50.5 Å². The third kappa shape index (κ3) is 1.29. The van der Waals surface area contributed by atoms with Gasteiger partial charge >= 0.3 is 0 Å². The highest BCUT2D eigenvalue weighted by Gasteiger charge is 2.62. The second-order valence-corrected chi connectivity index (χ2v) is 5.72. The third-order valence-electron chi connectivity index (χ3n) is 4.99. The van der Waals surface area contributed by atoms with Gasteiger partial charge in [-0.25, -0.2) is 0 Å². The molecule has 0 aliphatic heterocycles. The molecule has 2 aliphatic carbocycles. The molecule has 3 nitrogen and oxygen atoms in total. The minimum Gasteiger partial charge on any atom is -0.472 e. The average Bonchev–Trinajstić information content (AvgIpc) is 2.88. The zero-order valence-electron chi connectivity index (χ0n) is 10.1. The molecule has 17 heavy (non-hydrogen) atoms. The van der Waals surface area contributed by atoms with Crippen LogP contribution >= 0.6 is 0 Å². The third-order valence-corrected chi connectivity index (χ3v) is 4.99. The SMILES string of the molecule is C[C@]12CCCC[C@@]1(O)C(=O)C[C@H]2c1ccoc1. The van der Waals surface area contributed by atoms with E-state index < -0.39 is 5.60 Å². The summed E-state index contributed by atoms with van der Waals surface area (Å²) in [5.74, 6) is 0.130. The highest BCUT2D eigenvalue weighted by atomic mass is 16.3. The van der Waals surface area contributed by atoms with Gasteiger partial charge in [-0.3, -0.25) is 4.79 Å². The monoisotopic (exact) mass is 234 g/mol. The lowest BCUT2D eigenvalue weighted by Crippen LogP contribution is -2.50. The van der Waals surface area contributed by atoms with Crippen molar-refractivity contribution in [1.82, 2.24) is 0 Å². The van der Waals surface area contributed by atoms with Crippen LogP contribution in [0.3, 0.4) is 0 Å². The summed E-state index contributed by atoms with van der Waals surface area (Å²) in [5, 5.41) is 10.7. The van der Waals surface area contributed by atoms with Crippen molar-refractivity contribution in [2.75, 3.05) is 0 Å². The zero-order chi connectivity index (χ0) is 12.1. The van der Waals surface area contributed by atoms with Gasteiger partial charge in [0.25, 0.3) is 0 Å². The summed E-state index contributed by atoms with van der Waals surface area (Å²) in [6.45, 7) is 2.06. The minimum atomic E-state index is -1.10. The van der Waals surface area contributed by atoms with Crippen molar-refractivity contribution in [3.05, 3.63) is 24.2 Å². The first-order valence-electron chi connectivity index (χ1n) is 6.36. The molecule has 92 valence electrons. The molecule has 2 aliphatic rings. The van der Waals surface area contributed by atoms with Crippen molar-refractivity contribution < 1.29 is 14.3 Å². The van der Waals surface area contributed by atoms with Gasteiger partial charge in [0.05, 0.1) is 12.5 Å². The lowest BCUT2D eigenvalue weighted by Gasteiger charge is -2.45. The van der Waals surface area contributed by atoms with Crippen LogP contribution in [0.5, 0.6) is 0 Å². The van der Waals surface area contributed by atoms with E-state index in [1.165, 1.54) is 0 Å². The van der Waals surface area contributed by atoms with Gasteiger partial charge in [-0.2, -0.15) is 0 Å². The quantitative estimate of drug-likeness (QED) is 0.812. The number of Topliss-reactive ketones (excluding diaryl/α,β-unsaturated/α-hetero) is 1. The molecule has 0 spiro atoms. The Labute approximate surface area is 101 Å². The van der Waals surface area contributed by atoms with Gasteiger partial charge in [-0.05, 0) is 24.5 Å². The Morgan fingerprint density at radius 3 is 2.88 bits per heavy atom. The van der Waals surface area contributed by atoms with Crippen molar-refractivity contribution in [3.8, 4) is 0 Å². The number of hydrogen-bond acceptors (Lipinski definition) is 3. The molecule has 0 saturated heterocycles. The molecular weight excluding hydrogens is 216 g/mol. The van der Waals surface area contributed by atoms with E-state index in [-0.39, 0.29) is 17.1 Å². The molecule has 1 aromatic heterocycles. The number of carbonyl (C=O) groups is 1. The molecule has 1 N–H and O–H groups in total. The zero-order valence-corrected chi connectivity index (χ0v) is 10.1. The van der Waals surface area contributed by atoms with Crippen LogP contribution in [-0.4, -0.2) is 16.5 Å². The first-order valence-corrected chi connectivity index (χ1v) is 6.36. The molecule has 2 fully saturated rings. The number of ketones is 1. The molecule has 1 heterocycles. The molecule has 0 radical (unpaired) electrons. The predicted octanol–water partition coefficient (Wildman–Crippen LogP) is 2.65. The van der Waals surface area contributed by atoms with Crippen LogP contribution in [0, 0.1) is 5.41 Å². The smallest absolute Gasteiger partial charge is 0.165 e. The Kier molecular flexibility index (Phi) is 2.24. The Morgan fingerprint density at radius 2 is 2.18 bits per heavy atom. The fourth-order valence-electron chi connectivity index (χ4n) is 3.82. The van der Waals surface area contributed by atoms with E-state index in [0.29, 0.717) is 12.8 Å². The van der Waals surface area contributed by atoms with Gasteiger partial charge in [0.1, 0.15) is 5.60 Å². The molecule has 3 heteroatoms. The van der Waals surface area contributed by atoms with Crippen LogP contribution in [0.2, 0.25) is 0 Å². The Hall–Kier alpha value is -1.09. The molecule has 0 amide bonds. The average molecular weight is 234 g/mol. The number of carbonyl (C=O) groups excluding carboxylic acids is 1. The molecule has 3 atom stereocenters. The largest absolute Gasteiger partial charge is 0.472 e. The number of fused-ring (bicyclic) bond motifs is 1. The molecule has 1 aromatic rings. The summed E-state index contributed by atoms with van der Waals surface area (Å²) in [6.07, 6.45) is 7.40. The number of furan rings is 1. The number of rotatable bonds is 1. The molecule has 2 saturated carbocycles. The van der Waals surface area contributed by atoms with E-state index in [2.05, 4.69) is 6.92 Å². The van der Waals surface area contributed by atoms with E-state index in [9.17, 15) is 9.90 Å². The van der Waals surface area contributed by atoms with Crippen LogP contribution in [0.4, 0.5) is 0 Å². The number of aliphatic hydroxyl groups is 1. The van der Waals surface area contributed by atoms with Gasteiger partial charge in [0, 0.05) is 17.8 Å². The second-order valence-electron chi connectivity index (χ2n) is 5.72. The van der Waals surface area contributed by atoms with Gasteiger partial charge in [0.2, 0.25) is 0 Å². The minimum absolute atomic E-state index is 0.0194. The number of hydrogen-bond donors (Lipinski definition) is 1. The highest BCUT2D eigenvalue weighted by Crippen LogP contribution is 2.59. The van der Waals surface area contributed by atoms with Gasteiger partial charge in [-0.15, -0.1) is 0 Å². The molecule has 0 bridgehead atoms. The second kappa shape index (κ2) is 3.45. The van der Waals surface area contributed by atoms with Crippen LogP contribution in [-0.2, 0) is 4.79 Å². The molecule has 0 unspecified atom stereocenters. The van der Waals surface area contributed by atoms with E-state index >= 15 is 0 Å². The summed E-state index contributed by atoms with van der Waals surface area (Å²) in [6, 6.07) is 1.92. The van der Waals surface area contributed by atoms with Crippen LogP contribution < -0.4 is 0 Å². The Bertz CT molecular complexity index is 436. The summed E-state index contributed by atoms with van der Waals surface area (Å²) in [5.41, 5.74) is -0.363. The van der Waals surface area contributed by atoms with Crippen molar-refractivity contribution >= 4 is 5.78 Å². The lowest BCUT2D eigenvalue weighted by atomic mass is 9.61. The van der Waals surface area contributed by atoms with Gasteiger partial charge < -0.3 is 9.52 Å². The van der Waals surface area contributed by atoms with Crippen molar-refractivity contribution in [1.29, 1.82) is 0 Å². The predicted molar refractivity (Wildman–Crippen MR) is 62.6 cm³/mol. The maximum Gasteiger partial charge on any atom is 0.165 e. The Morgan fingerprint density at radius 1 is 1.41 bits per heavy atom. The van der Waals surface area contributed by atoms with E-state index in [4.69, 9.17) is 4.42 Å². The van der Waals surface area contributed by atoms with E-state index in [1.54, 1.807) is 12.5 Å². The molecular formula is C14H18O3. The highest BCUT2D eigenvalue weighted by molar-refractivity contribution is 5.92.